The number of aryl methyl sites for hydroxylation is 1. The van der Waals surface area contributed by atoms with Crippen LogP contribution in [0.2, 0.25) is 0 Å². The Morgan fingerprint density at radius 1 is 1.39 bits per heavy atom. The molecule has 98 valence electrons. The maximum Gasteiger partial charge on any atom is 0.335 e. The molecule has 0 aliphatic rings. The molecular formula is C13H16O4S. The van der Waals surface area contributed by atoms with E-state index in [9.17, 15) is 13.2 Å². The fourth-order valence-corrected chi connectivity index (χ4v) is 3.11. The van der Waals surface area contributed by atoms with Crippen molar-refractivity contribution in [3.63, 3.8) is 0 Å². The van der Waals surface area contributed by atoms with Crippen molar-refractivity contribution in [1.29, 1.82) is 0 Å². The first-order valence-corrected chi connectivity index (χ1v) is 6.97. The maximum atomic E-state index is 12.2. The molecular weight excluding hydrogens is 252 g/mol. The summed E-state index contributed by atoms with van der Waals surface area (Å²) in [5, 5.41) is 8.22. The van der Waals surface area contributed by atoms with E-state index in [4.69, 9.17) is 5.11 Å². The molecule has 0 aliphatic heterocycles. The highest BCUT2D eigenvalue weighted by atomic mass is 32.2. The zero-order chi connectivity index (χ0) is 14.1. The van der Waals surface area contributed by atoms with Crippen molar-refractivity contribution in [3.8, 4) is 0 Å². The number of aromatic carboxylic acids is 1. The Hall–Kier alpha value is -1.62. The van der Waals surface area contributed by atoms with Crippen LogP contribution in [0.15, 0.2) is 29.7 Å². The number of rotatable bonds is 4. The third kappa shape index (κ3) is 2.46. The summed E-state index contributed by atoms with van der Waals surface area (Å²) < 4.78 is 24.5. The van der Waals surface area contributed by atoms with E-state index in [1.165, 1.54) is 25.1 Å². The lowest BCUT2D eigenvalue weighted by molar-refractivity contribution is 0.0696. The Morgan fingerprint density at radius 3 is 2.39 bits per heavy atom. The van der Waals surface area contributed by atoms with Gasteiger partial charge in [-0.25, -0.2) is 13.2 Å². The van der Waals surface area contributed by atoms with Gasteiger partial charge in [-0.2, -0.15) is 0 Å². The standard InChI is InChI=1S/C13H16O4S/c1-5-9(3)18(16,17)12-7-11(13(14)15)6-8(2)10(12)4/h5-7,9H,1H2,2-4H3,(H,14,15). The van der Waals surface area contributed by atoms with Crippen molar-refractivity contribution < 1.29 is 18.3 Å². The van der Waals surface area contributed by atoms with Gasteiger partial charge in [-0.1, -0.05) is 6.08 Å². The molecule has 0 saturated carbocycles. The number of sulfone groups is 1. The molecule has 0 fully saturated rings. The van der Waals surface area contributed by atoms with Gasteiger partial charge in [-0.3, -0.25) is 0 Å². The van der Waals surface area contributed by atoms with Crippen LogP contribution in [0, 0.1) is 13.8 Å². The van der Waals surface area contributed by atoms with Crippen molar-refractivity contribution in [3.05, 3.63) is 41.5 Å². The average Bonchev–Trinajstić information content (AvgIpc) is 2.30. The van der Waals surface area contributed by atoms with Gasteiger partial charge >= 0.3 is 5.97 Å². The predicted octanol–water partition coefficient (Wildman–Crippen LogP) is 2.35. The first-order chi connectivity index (χ1) is 8.21. The highest BCUT2D eigenvalue weighted by Gasteiger charge is 2.24. The van der Waals surface area contributed by atoms with Gasteiger partial charge in [0.15, 0.2) is 9.84 Å². The number of benzene rings is 1. The third-order valence-electron chi connectivity index (χ3n) is 2.99. The SMILES string of the molecule is C=CC(C)S(=O)(=O)c1cc(C(=O)O)cc(C)c1C. The lowest BCUT2D eigenvalue weighted by Gasteiger charge is -2.14. The monoisotopic (exact) mass is 268 g/mol. The minimum absolute atomic E-state index is 0.0204. The second-order valence-corrected chi connectivity index (χ2v) is 6.48. The fourth-order valence-electron chi connectivity index (χ4n) is 1.57. The van der Waals surface area contributed by atoms with E-state index in [2.05, 4.69) is 6.58 Å². The zero-order valence-electron chi connectivity index (χ0n) is 10.6. The zero-order valence-corrected chi connectivity index (χ0v) is 11.4. The van der Waals surface area contributed by atoms with Crippen LogP contribution in [0.1, 0.15) is 28.4 Å². The number of carboxylic acids is 1. The summed E-state index contributed by atoms with van der Waals surface area (Å²) in [4.78, 5) is 11.0. The summed E-state index contributed by atoms with van der Waals surface area (Å²) >= 11 is 0. The largest absolute Gasteiger partial charge is 0.478 e. The molecule has 1 N–H and O–H groups in total. The molecule has 1 unspecified atom stereocenters. The van der Waals surface area contributed by atoms with Crippen LogP contribution in [0.4, 0.5) is 0 Å². The number of hydrogen-bond donors (Lipinski definition) is 1. The molecule has 1 aromatic rings. The first-order valence-electron chi connectivity index (χ1n) is 5.42. The molecule has 0 radical (unpaired) electrons. The van der Waals surface area contributed by atoms with Crippen LogP contribution in [0.5, 0.6) is 0 Å². The Labute approximate surface area is 107 Å². The molecule has 5 heteroatoms. The summed E-state index contributed by atoms with van der Waals surface area (Å²) in [7, 11) is -3.58. The summed E-state index contributed by atoms with van der Waals surface area (Å²) in [6.45, 7) is 8.35. The quantitative estimate of drug-likeness (QED) is 0.851. The van der Waals surface area contributed by atoms with Gasteiger partial charge in [0.2, 0.25) is 0 Å². The van der Waals surface area contributed by atoms with Crippen molar-refractivity contribution >= 4 is 15.8 Å². The van der Waals surface area contributed by atoms with Crippen LogP contribution >= 0.6 is 0 Å². The summed E-state index contributed by atoms with van der Waals surface area (Å²) in [5.41, 5.74) is 1.20. The number of carboxylic acid groups (broad SMARTS) is 1. The third-order valence-corrected chi connectivity index (χ3v) is 5.20. The second-order valence-electron chi connectivity index (χ2n) is 4.21. The minimum Gasteiger partial charge on any atom is -0.478 e. The smallest absolute Gasteiger partial charge is 0.335 e. The van der Waals surface area contributed by atoms with E-state index in [0.29, 0.717) is 11.1 Å². The van der Waals surface area contributed by atoms with Gasteiger partial charge in [-0.05, 0) is 44.0 Å². The minimum atomic E-state index is -3.58. The summed E-state index contributed by atoms with van der Waals surface area (Å²) in [6.07, 6.45) is 1.33. The Kier molecular flexibility index (Phi) is 3.96. The van der Waals surface area contributed by atoms with Gasteiger partial charge < -0.3 is 5.11 Å². The Bertz CT molecular complexity index is 600. The van der Waals surface area contributed by atoms with Gasteiger partial charge in [0.1, 0.15) is 0 Å². The van der Waals surface area contributed by atoms with Gasteiger partial charge in [0, 0.05) is 0 Å². The van der Waals surface area contributed by atoms with Crippen LogP contribution in [-0.2, 0) is 9.84 Å². The van der Waals surface area contributed by atoms with Crippen molar-refractivity contribution in [2.75, 3.05) is 0 Å². The Morgan fingerprint density at radius 2 is 1.94 bits per heavy atom. The molecule has 1 rings (SSSR count). The van der Waals surface area contributed by atoms with Gasteiger partial charge in [-0.15, -0.1) is 6.58 Å². The van der Waals surface area contributed by atoms with Crippen LogP contribution < -0.4 is 0 Å². The lowest BCUT2D eigenvalue weighted by atomic mass is 10.1. The Balaban J connectivity index is 3.59. The molecule has 18 heavy (non-hydrogen) atoms. The molecule has 4 nitrogen and oxygen atoms in total. The first kappa shape index (κ1) is 14.4. The van der Waals surface area contributed by atoms with E-state index in [0.717, 1.165) is 0 Å². The van der Waals surface area contributed by atoms with E-state index >= 15 is 0 Å². The van der Waals surface area contributed by atoms with Crippen LogP contribution in [0.3, 0.4) is 0 Å². The van der Waals surface area contributed by atoms with Gasteiger partial charge in [0.05, 0.1) is 15.7 Å². The van der Waals surface area contributed by atoms with Crippen molar-refractivity contribution in [1.82, 2.24) is 0 Å². The molecule has 0 amide bonds. The summed E-state index contributed by atoms with van der Waals surface area (Å²) in [5.74, 6) is -1.14. The maximum absolute atomic E-state index is 12.2. The lowest BCUT2D eigenvalue weighted by Crippen LogP contribution is -2.17. The topological polar surface area (TPSA) is 71.4 Å². The van der Waals surface area contributed by atoms with Crippen molar-refractivity contribution in [2.45, 2.75) is 30.9 Å². The molecule has 0 heterocycles. The molecule has 0 saturated heterocycles. The second kappa shape index (κ2) is 4.94. The fraction of sp³-hybridized carbons (Fsp3) is 0.308. The number of carbonyl (C=O) groups is 1. The molecule has 0 aromatic heterocycles. The molecule has 1 atom stereocenters. The van der Waals surface area contributed by atoms with Crippen LogP contribution in [-0.4, -0.2) is 24.7 Å². The average molecular weight is 268 g/mol. The molecule has 0 bridgehead atoms. The van der Waals surface area contributed by atoms with Crippen molar-refractivity contribution in [2.24, 2.45) is 0 Å². The summed E-state index contributed by atoms with van der Waals surface area (Å²) in [6, 6.07) is 2.68. The normalized spacial score (nSPS) is 13.1. The molecule has 0 aliphatic carbocycles. The van der Waals surface area contributed by atoms with E-state index in [1.54, 1.807) is 13.8 Å². The molecule has 0 spiro atoms. The van der Waals surface area contributed by atoms with E-state index in [-0.39, 0.29) is 10.5 Å². The van der Waals surface area contributed by atoms with Crippen LogP contribution in [0.25, 0.3) is 0 Å². The highest BCUT2D eigenvalue weighted by Crippen LogP contribution is 2.25. The van der Waals surface area contributed by atoms with E-state index in [1.807, 2.05) is 0 Å². The highest BCUT2D eigenvalue weighted by molar-refractivity contribution is 7.92. The van der Waals surface area contributed by atoms with E-state index < -0.39 is 21.1 Å². The predicted molar refractivity (Wildman–Crippen MR) is 69.7 cm³/mol. The number of hydrogen-bond acceptors (Lipinski definition) is 3. The van der Waals surface area contributed by atoms with Gasteiger partial charge in [0.25, 0.3) is 0 Å². The molecule has 1 aromatic carbocycles.